The van der Waals surface area contributed by atoms with Crippen LogP contribution in [0, 0.1) is 13.8 Å². The van der Waals surface area contributed by atoms with E-state index >= 15 is 0 Å². The van der Waals surface area contributed by atoms with Gasteiger partial charge in [-0.15, -0.1) is 0 Å². The molecule has 3 aromatic rings. The Bertz CT molecular complexity index is 818. The van der Waals surface area contributed by atoms with E-state index in [0.29, 0.717) is 0 Å². The van der Waals surface area contributed by atoms with Crippen molar-refractivity contribution in [1.29, 1.82) is 0 Å². The van der Waals surface area contributed by atoms with Gasteiger partial charge in [0.25, 0.3) is 0 Å². The Balaban J connectivity index is 2.11. The fraction of sp³-hybridized carbons (Fsp3) is 0.389. The van der Waals surface area contributed by atoms with E-state index in [-0.39, 0.29) is 0 Å². The second-order valence-corrected chi connectivity index (χ2v) is 5.81. The highest BCUT2D eigenvalue weighted by Crippen LogP contribution is 2.26. The van der Waals surface area contributed by atoms with Crippen LogP contribution in [0.2, 0.25) is 0 Å². The molecule has 0 radical (unpaired) electrons. The van der Waals surface area contributed by atoms with Crippen molar-refractivity contribution in [2.45, 2.75) is 33.6 Å². The van der Waals surface area contributed by atoms with Crippen molar-refractivity contribution in [3.05, 3.63) is 47.3 Å². The SMILES string of the molecule is CCc1nc2c(C)nc(C)cn2c1-c1ccc(CCNC)nc1. The van der Waals surface area contributed by atoms with E-state index < -0.39 is 0 Å². The number of nitrogens with one attached hydrogen (secondary N) is 1. The second-order valence-electron chi connectivity index (χ2n) is 5.81. The van der Waals surface area contributed by atoms with Gasteiger partial charge in [-0.3, -0.25) is 14.4 Å². The van der Waals surface area contributed by atoms with Gasteiger partial charge in [0, 0.05) is 36.6 Å². The number of imidazole rings is 1. The largest absolute Gasteiger partial charge is 0.319 e. The first-order chi connectivity index (χ1) is 11.1. The minimum Gasteiger partial charge on any atom is -0.319 e. The normalized spacial score (nSPS) is 11.3. The fourth-order valence-corrected chi connectivity index (χ4v) is 2.91. The van der Waals surface area contributed by atoms with Gasteiger partial charge in [0.2, 0.25) is 0 Å². The molecule has 0 unspecified atom stereocenters. The first-order valence-electron chi connectivity index (χ1n) is 8.09. The summed E-state index contributed by atoms with van der Waals surface area (Å²) < 4.78 is 2.15. The van der Waals surface area contributed by atoms with Crippen LogP contribution in [0.1, 0.15) is 29.7 Å². The van der Waals surface area contributed by atoms with Gasteiger partial charge in [-0.2, -0.15) is 0 Å². The van der Waals surface area contributed by atoms with Gasteiger partial charge in [-0.05, 0) is 39.4 Å². The predicted molar refractivity (Wildman–Crippen MR) is 92.7 cm³/mol. The third-order valence-electron chi connectivity index (χ3n) is 4.03. The minimum atomic E-state index is 0.886. The van der Waals surface area contributed by atoms with E-state index in [4.69, 9.17) is 4.98 Å². The zero-order chi connectivity index (χ0) is 16.4. The van der Waals surface area contributed by atoms with Crippen molar-refractivity contribution in [1.82, 2.24) is 24.7 Å². The maximum atomic E-state index is 4.78. The molecule has 0 aromatic carbocycles. The molecule has 0 fully saturated rings. The molecule has 0 spiro atoms. The Morgan fingerprint density at radius 2 is 2.00 bits per heavy atom. The molecule has 0 saturated heterocycles. The zero-order valence-electron chi connectivity index (χ0n) is 14.2. The third-order valence-corrected chi connectivity index (χ3v) is 4.03. The monoisotopic (exact) mass is 309 g/mol. The Morgan fingerprint density at radius 1 is 1.17 bits per heavy atom. The first-order valence-corrected chi connectivity index (χ1v) is 8.09. The Hall–Kier alpha value is -2.27. The summed E-state index contributed by atoms with van der Waals surface area (Å²) in [4.78, 5) is 13.9. The van der Waals surface area contributed by atoms with Gasteiger partial charge >= 0.3 is 0 Å². The second kappa shape index (κ2) is 6.46. The summed E-state index contributed by atoms with van der Waals surface area (Å²) in [7, 11) is 1.96. The molecule has 0 aliphatic carbocycles. The quantitative estimate of drug-likeness (QED) is 0.787. The molecule has 0 saturated carbocycles. The lowest BCUT2D eigenvalue weighted by Gasteiger charge is -2.07. The minimum absolute atomic E-state index is 0.886. The van der Waals surface area contributed by atoms with E-state index in [2.05, 4.69) is 44.9 Å². The highest BCUT2D eigenvalue weighted by molar-refractivity contribution is 5.67. The van der Waals surface area contributed by atoms with Gasteiger partial charge in [0.05, 0.1) is 22.8 Å². The third kappa shape index (κ3) is 2.97. The van der Waals surface area contributed by atoms with E-state index in [0.717, 1.165) is 59.1 Å². The van der Waals surface area contributed by atoms with Crippen LogP contribution in [0.15, 0.2) is 24.5 Å². The molecule has 0 aliphatic rings. The van der Waals surface area contributed by atoms with Crippen LogP contribution in [0.5, 0.6) is 0 Å². The number of fused-ring (bicyclic) bond motifs is 1. The summed E-state index contributed by atoms with van der Waals surface area (Å²) in [6.07, 6.45) is 5.83. The molecule has 3 rings (SSSR count). The van der Waals surface area contributed by atoms with Crippen LogP contribution in [0.3, 0.4) is 0 Å². The number of nitrogens with zero attached hydrogens (tertiary/aromatic N) is 4. The number of likely N-dealkylation sites (N-methyl/N-ethyl adjacent to an activating group) is 1. The molecule has 0 aliphatic heterocycles. The number of rotatable bonds is 5. The number of aryl methyl sites for hydroxylation is 3. The summed E-state index contributed by atoms with van der Waals surface area (Å²) >= 11 is 0. The molecule has 0 atom stereocenters. The molecule has 1 N–H and O–H groups in total. The van der Waals surface area contributed by atoms with Gasteiger partial charge in [0.1, 0.15) is 0 Å². The highest BCUT2D eigenvalue weighted by Gasteiger charge is 2.15. The van der Waals surface area contributed by atoms with Crippen molar-refractivity contribution in [3.8, 4) is 11.3 Å². The van der Waals surface area contributed by atoms with E-state index in [9.17, 15) is 0 Å². The lowest BCUT2D eigenvalue weighted by atomic mass is 10.1. The van der Waals surface area contributed by atoms with Gasteiger partial charge in [-0.1, -0.05) is 6.92 Å². The Kier molecular flexibility index (Phi) is 4.39. The van der Waals surface area contributed by atoms with E-state index in [1.165, 1.54) is 0 Å². The summed E-state index contributed by atoms with van der Waals surface area (Å²) in [6.45, 7) is 7.10. The Morgan fingerprint density at radius 3 is 2.65 bits per heavy atom. The van der Waals surface area contributed by atoms with Crippen molar-refractivity contribution >= 4 is 5.65 Å². The topological polar surface area (TPSA) is 55.1 Å². The Labute approximate surface area is 136 Å². The molecule has 5 heteroatoms. The number of hydrogen-bond donors (Lipinski definition) is 1. The number of pyridine rings is 1. The van der Waals surface area contributed by atoms with Crippen molar-refractivity contribution in [2.75, 3.05) is 13.6 Å². The van der Waals surface area contributed by atoms with Crippen LogP contribution < -0.4 is 5.32 Å². The predicted octanol–water partition coefficient (Wildman–Crippen LogP) is 2.73. The molecule has 23 heavy (non-hydrogen) atoms. The first kappa shape index (κ1) is 15.6. The fourth-order valence-electron chi connectivity index (χ4n) is 2.91. The lowest BCUT2D eigenvalue weighted by Crippen LogP contribution is -2.11. The molecule has 5 nitrogen and oxygen atoms in total. The molecular weight excluding hydrogens is 286 g/mol. The lowest BCUT2D eigenvalue weighted by molar-refractivity contribution is 0.776. The summed E-state index contributed by atoms with van der Waals surface area (Å²) in [5, 5.41) is 3.15. The maximum absolute atomic E-state index is 4.78. The van der Waals surface area contributed by atoms with Crippen molar-refractivity contribution in [2.24, 2.45) is 0 Å². The summed E-state index contributed by atoms with van der Waals surface area (Å²) in [5.74, 6) is 0. The van der Waals surface area contributed by atoms with Gasteiger partial charge in [-0.25, -0.2) is 4.98 Å². The van der Waals surface area contributed by atoms with Crippen molar-refractivity contribution < 1.29 is 0 Å². The van der Waals surface area contributed by atoms with Gasteiger partial charge in [0.15, 0.2) is 5.65 Å². The van der Waals surface area contributed by atoms with Crippen molar-refractivity contribution in [3.63, 3.8) is 0 Å². The number of aromatic nitrogens is 4. The molecule has 3 aromatic heterocycles. The summed E-state index contributed by atoms with van der Waals surface area (Å²) in [6, 6.07) is 4.25. The number of hydrogen-bond acceptors (Lipinski definition) is 4. The zero-order valence-corrected chi connectivity index (χ0v) is 14.2. The summed E-state index contributed by atoms with van der Waals surface area (Å²) in [5.41, 5.74) is 7.31. The average Bonchev–Trinajstić information content (AvgIpc) is 2.92. The van der Waals surface area contributed by atoms with Gasteiger partial charge < -0.3 is 5.32 Å². The van der Waals surface area contributed by atoms with Crippen LogP contribution in [-0.2, 0) is 12.8 Å². The van der Waals surface area contributed by atoms with Crippen LogP contribution in [0.4, 0.5) is 0 Å². The van der Waals surface area contributed by atoms with Crippen LogP contribution >= 0.6 is 0 Å². The molecular formula is C18H23N5. The maximum Gasteiger partial charge on any atom is 0.159 e. The standard InChI is InChI=1S/C18H23N5/c1-5-16-17(14-6-7-15(20-10-14)8-9-19-4)23-11-12(2)21-13(3)18(23)22-16/h6-7,10-11,19H,5,8-9H2,1-4H3. The molecule has 3 heterocycles. The molecule has 0 bridgehead atoms. The average molecular weight is 309 g/mol. The van der Waals surface area contributed by atoms with E-state index in [1.54, 1.807) is 0 Å². The van der Waals surface area contributed by atoms with E-state index in [1.807, 2.05) is 27.1 Å². The smallest absolute Gasteiger partial charge is 0.159 e. The van der Waals surface area contributed by atoms with Crippen LogP contribution in [0.25, 0.3) is 16.9 Å². The highest BCUT2D eigenvalue weighted by atomic mass is 15.1. The molecule has 120 valence electrons. The molecule has 0 amide bonds. The van der Waals surface area contributed by atoms with Crippen LogP contribution in [-0.4, -0.2) is 32.9 Å².